The molecule has 3 rings (SSSR count). The predicted octanol–water partition coefficient (Wildman–Crippen LogP) is 3.48. The molecule has 1 aromatic carbocycles. The van der Waals surface area contributed by atoms with Crippen LogP contribution >= 0.6 is 11.6 Å². The summed E-state index contributed by atoms with van der Waals surface area (Å²) in [6.07, 6.45) is 2.77. The number of ether oxygens (including phenoxy) is 2. The van der Waals surface area contributed by atoms with E-state index in [1.165, 1.54) is 0 Å². The second kappa shape index (κ2) is 10.9. The summed E-state index contributed by atoms with van der Waals surface area (Å²) < 4.78 is 11.0. The zero-order valence-corrected chi connectivity index (χ0v) is 18.6. The lowest BCUT2D eigenvalue weighted by Crippen LogP contribution is -2.44. The number of anilines is 1. The number of hydrogen-bond acceptors (Lipinski definition) is 5. The Labute approximate surface area is 183 Å². The molecule has 0 saturated carbocycles. The molecule has 7 nitrogen and oxygen atoms in total. The lowest BCUT2D eigenvalue weighted by Gasteiger charge is -2.20. The number of aromatic nitrogens is 1. The number of hydrogen-bond donors (Lipinski definition) is 2. The Hall–Kier alpha value is -2.67. The standard InChI is InChI=1S/C22H30ClN5O2/c1-4-24-22(26-14-16-8-9-19(30-5-2)20(13-16)29-3)27-17-10-12-28(15-17)21-18(23)7-6-11-25-21/h6-9,11,13,17H,4-5,10,12,14-15H2,1-3H3,(H2,24,26,27). The molecule has 1 aliphatic heterocycles. The molecule has 0 bridgehead atoms. The molecule has 30 heavy (non-hydrogen) atoms. The fourth-order valence-corrected chi connectivity index (χ4v) is 3.69. The average Bonchev–Trinajstić information content (AvgIpc) is 3.21. The highest BCUT2D eigenvalue weighted by atomic mass is 35.5. The fourth-order valence-electron chi connectivity index (χ4n) is 3.45. The van der Waals surface area contributed by atoms with Crippen LogP contribution < -0.4 is 25.0 Å². The molecule has 1 aromatic heterocycles. The van der Waals surface area contributed by atoms with Gasteiger partial charge in [-0.15, -0.1) is 0 Å². The number of pyridine rings is 1. The molecule has 0 radical (unpaired) electrons. The third-order valence-corrected chi connectivity index (χ3v) is 5.15. The van der Waals surface area contributed by atoms with Gasteiger partial charge in [-0.3, -0.25) is 0 Å². The quantitative estimate of drug-likeness (QED) is 0.492. The summed E-state index contributed by atoms with van der Waals surface area (Å²) in [4.78, 5) is 11.4. The molecule has 1 unspecified atom stereocenters. The number of methoxy groups -OCH3 is 1. The monoisotopic (exact) mass is 431 g/mol. The van der Waals surface area contributed by atoms with Crippen LogP contribution in [0.5, 0.6) is 11.5 Å². The first-order valence-corrected chi connectivity index (χ1v) is 10.7. The lowest BCUT2D eigenvalue weighted by atomic mass is 10.2. The normalized spacial score (nSPS) is 16.5. The number of benzene rings is 1. The van der Waals surface area contributed by atoms with Gasteiger partial charge in [-0.1, -0.05) is 17.7 Å². The van der Waals surface area contributed by atoms with Crippen molar-refractivity contribution >= 4 is 23.4 Å². The maximum Gasteiger partial charge on any atom is 0.191 e. The second-order valence-electron chi connectivity index (χ2n) is 7.00. The van der Waals surface area contributed by atoms with Gasteiger partial charge in [0.05, 0.1) is 25.3 Å². The van der Waals surface area contributed by atoms with E-state index < -0.39 is 0 Å². The Balaban J connectivity index is 1.63. The maximum atomic E-state index is 6.30. The van der Waals surface area contributed by atoms with Crippen LogP contribution in [0.4, 0.5) is 5.82 Å². The van der Waals surface area contributed by atoms with Gasteiger partial charge in [0.25, 0.3) is 0 Å². The second-order valence-corrected chi connectivity index (χ2v) is 7.41. The molecule has 2 heterocycles. The van der Waals surface area contributed by atoms with Gasteiger partial charge in [-0.2, -0.15) is 0 Å². The molecule has 0 spiro atoms. The molecule has 162 valence electrons. The third kappa shape index (κ3) is 5.69. The van der Waals surface area contributed by atoms with Gasteiger partial charge < -0.3 is 25.0 Å². The molecule has 2 aromatic rings. The summed E-state index contributed by atoms with van der Waals surface area (Å²) in [5.41, 5.74) is 1.06. The minimum atomic E-state index is 0.274. The molecule has 0 amide bonds. The van der Waals surface area contributed by atoms with E-state index in [9.17, 15) is 0 Å². The first-order valence-electron chi connectivity index (χ1n) is 10.3. The van der Waals surface area contributed by atoms with Crippen LogP contribution in [0.2, 0.25) is 5.02 Å². The third-order valence-electron chi connectivity index (χ3n) is 4.86. The SMILES string of the molecule is CCNC(=NCc1ccc(OCC)c(OC)c1)NC1CCN(c2ncccc2Cl)C1. The highest BCUT2D eigenvalue weighted by Crippen LogP contribution is 2.28. The van der Waals surface area contributed by atoms with Crippen LogP contribution in [0.1, 0.15) is 25.8 Å². The van der Waals surface area contributed by atoms with Gasteiger partial charge in [0.1, 0.15) is 5.82 Å². The van der Waals surface area contributed by atoms with E-state index in [4.69, 9.17) is 26.1 Å². The number of guanidine groups is 1. The van der Waals surface area contributed by atoms with E-state index in [2.05, 4.69) is 27.4 Å². The minimum absolute atomic E-state index is 0.274. The van der Waals surface area contributed by atoms with Crippen molar-refractivity contribution in [1.29, 1.82) is 0 Å². The van der Waals surface area contributed by atoms with Crippen molar-refractivity contribution in [3.05, 3.63) is 47.1 Å². The van der Waals surface area contributed by atoms with E-state index >= 15 is 0 Å². The number of nitrogens with one attached hydrogen (secondary N) is 2. The van der Waals surface area contributed by atoms with Crippen LogP contribution in [0.25, 0.3) is 0 Å². The Morgan fingerprint density at radius 3 is 2.90 bits per heavy atom. The van der Waals surface area contributed by atoms with Crippen LogP contribution in [0.15, 0.2) is 41.5 Å². The smallest absolute Gasteiger partial charge is 0.191 e. The largest absolute Gasteiger partial charge is 0.493 e. The van der Waals surface area contributed by atoms with E-state index in [0.29, 0.717) is 18.2 Å². The van der Waals surface area contributed by atoms with E-state index in [1.807, 2.05) is 37.3 Å². The van der Waals surface area contributed by atoms with Crippen molar-refractivity contribution in [3.8, 4) is 11.5 Å². The number of rotatable bonds is 8. The highest BCUT2D eigenvalue weighted by Gasteiger charge is 2.25. The van der Waals surface area contributed by atoms with Crippen molar-refractivity contribution in [2.75, 3.05) is 38.3 Å². The number of aliphatic imine (C=N–C) groups is 1. The zero-order valence-electron chi connectivity index (χ0n) is 17.8. The minimum Gasteiger partial charge on any atom is -0.493 e. The van der Waals surface area contributed by atoms with E-state index in [1.54, 1.807) is 13.3 Å². The first-order chi connectivity index (χ1) is 14.6. The maximum absolute atomic E-state index is 6.30. The van der Waals surface area contributed by atoms with Gasteiger partial charge in [0.15, 0.2) is 17.5 Å². The Kier molecular flexibility index (Phi) is 8.02. The molecule has 1 fully saturated rings. The van der Waals surface area contributed by atoms with E-state index in [0.717, 1.165) is 54.9 Å². The fraction of sp³-hybridized carbons (Fsp3) is 0.455. The molecule has 8 heteroatoms. The summed E-state index contributed by atoms with van der Waals surface area (Å²) in [7, 11) is 1.65. The summed E-state index contributed by atoms with van der Waals surface area (Å²) in [5, 5.41) is 7.55. The molecule has 0 aliphatic carbocycles. The van der Waals surface area contributed by atoms with Gasteiger partial charge in [0, 0.05) is 31.9 Å². The highest BCUT2D eigenvalue weighted by molar-refractivity contribution is 6.32. The van der Waals surface area contributed by atoms with Gasteiger partial charge in [0.2, 0.25) is 0 Å². The molecular weight excluding hydrogens is 402 g/mol. The van der Waals surface area contributed by atoms with Crippen LogP contribution in [0, 0.1) is 0 Å². The Bertz CT molecular complexity index is 861. The Morgan fingerprint density at radius 1 is 1.30 bits per heavy atom. The summed E-state index contributed by atoms with van der Waals surface area (Å²) in [5.74, 6) is 3.11. The summed E-state index contributed by atoms with van der Waals surface area (Å²) in [6, 6.07) is 9.92. The van der Waals surface area contributed by atoms with Crippen molar-refractivity contribution in [3.63, 3.8) is 0 Å². The predicted molar refractivity (Wildman–Crippen MR) is 122 cm³/mol. The molecule has 2 N–H and O–H groups in total. The van der Waals surface area contributed by atoms with Crippen LogP contribution in [0.3, 0.4) is 0 Å². The van der Waals surface area contributed by atoms with Crippen molar-refractivity contribution in [1.82, 2.24) is 15.6 Å². The number of halogens is 1. The topological polar surface area (TPSA) is 71.0 Å². The van der Waals surface area contributed by atoms with Crippen LogP contribution in [-0.2, 0) is 6.54 Å². The first kappa shape index (κ1) is 22.0. The van der Waals surface area contributed by atoms with Gasteiger partial charge >= 0.3 is 0 Å². The van der Waals surface area contributed by atoms with Crippen molar-refractivity contribution in [2.24, 2.45) is 4.99 Å². The van der Waals surface area contributed by atoms with Crippen molar-refractivity contribution in [2.45, 2.75) is 32.9 Å². The molecule has 1 atom stereocenters. The summed E-state index contributed by atoms with van der Waals surface area (Å²) in [6.45, 7) is 7.69. The van der Waals surface area contributed by atoms with Crippen LogP contribution in [-0.4, -0.2) is 50.3 Å². The lowest BCUT2D eigenvalue weighted by molar-refractivity contribution is 0.310. The average molecular weight is 432 g/mol. The van der Waals surface area contributed by atoms with Crippen molar-refractivity contribution < 1.29 is 9.47 Å². The summed E-state index contributed by atoms with van der Waals surface area (Å²) >= 11 is 6.30. The van der Waals surface area contributed by atoms with E-state index in [-0.39, 0.29) is 6.04 Å². The number of nitrogens with zero attached hydrogens (tertiary/aromatic N) is 3. The van der Waals surface area contributed by atoms with Gasteiger partial charge in [-0.25, -0.2) is 9.98 Å². The Morgan fingerprint density at radius 2 is 2.17 bits per heavy atom. The molecule has 1 aliphatic rings. The zero-order chi connectivity index (χ0) is 21.3. The van der Waals surface area contributed by atoms with Gasteiger partial charge in [-0.05, 0) is 50.1 Å². The molecule has 1 saturated heterocycles. The molecular formula is C22H30ClN5O2.